The van der Waals surface area contributed by atoms with Crippen molar-refractivity contribution in [2.75, 3.05) is 13.1 Å². The average molecular weight is 648 g/mol. The molecule has 2 amide bonds. The van der Waals surface area contributed by atoms with Gasteiger partial charge in [0, 0.05) is 32.4 Å². The molecule has 0 aliphatic carbocycles. The summed E-state index contributed by atoms with van der Waals surface area (Å²) in [6, 6.07) is 36.8. The fourth-order valence-electron chi connectivity index (χ4n) is 5.09. The number of benzene rings is 4. The van der Waals surface area contributed by atoms with Crippen molar-refractivity contribution in [3.8, 4) is 22.3 Å². The lowest BCUT2D eigenvalue weighted by molar-refractivity contribution is 0.0225. The first-order chi connectivity index (χ1) is 22.7. The molecule has 0 aliphatic rings. The Morgan fingerprint density at radius 2 is 1.13 bits per heavy atom. The van der Waals surface area contributed by atoms with Gasteiger partial charge >= 0.3 is 12.2 Å². The first kappa shape index (κ1) is 33.4. The molecule has 0 spiro atoms. The highest BCUT2D eigenvalue weighted by molar-refractivity contribution is 7.09. The second-order valence-corrected chi connectivity index (χ2v) is 13.3. The van der Waals surface area contributed by atoms with E-state index in [0.29, 0.717) is 32.6 Å². The summed E-state index contributed by atoms with van der Waals surface area (Å²) in [6.45, 7) is 7.32. The molecule has 0 radical (unpaired) electrons. The van der Waals surface area contributed by atoms with Crippen LogP contribution in [0.25, 0.3) is 22.3 Å². The molecule has 0 unspecified atom stereocenters. The van der Waals surface area contributed by atoms with E-state index in [-0.39, 0.29) is 12.7 Å². The maximum atomic E-state index is 13.4. The third kappa shape index (κ3) is 10.3. The van der Waals surface area contributed by atoms with Crippen molar-refractivity contribution < 1.29 is 19.1 Å². The standard InChI is InChI=1S/C39H41N3O4S/c1-39(2,3)46-38(44)42(27-31-17-21-35(22-18-31)33-13-8-5-9-14-33)24-10-23-41(37(43)45-28-36-25-40-29-47-36)26-30-15-19-34(20-16-30)32-11-6-4-7-12-32/h4-9,11-22,25,29H,10,23-24,26-28H2,1-3H3. The predicted octanol–water partition coefficient (Wildman–Crippen LogP) is 9.44. The molecule has 0 saturated heterocycles. The van der Waals surface area contributed by atoms with E-state index < -0.39 is 11.7 Å². The molecule has 0 saturated carbocycles. The fraction of sp³-hybridized carbons (Fsp3) is 0.256. The van der Waals surface area contributed by atoms with Gasteiger partial charge in [0.05, 0.1) is 10.4 Å². The van der Waals surface area contributed by atoms with Crippen LogP contribution in [0.5, 0.6) is 0 Å². The van der Waals surface area contributed by atoms with Crippen LogP contribution in [0, 0.1) is 0 Å². The first-order valence-corrected chi connectivity index (χ1v) is 16.7. The number of thiazole rings is 1. The molecule has 47 heavy (non-hydrogen) atoms. The molecule has 1 aromatic heterocycles. The minimum atomic E-state index is -0.634. The van der Waals surface area contributed by atoms with Crippen molar-refractivity contribution in [3.63, 3.8) is 0 Å². The number of carbonyl (C=O) groups excluding carboxylic acids is 2. The number of hydrogen-bond acceptors (Lipinski definition) is 6. The SMILES string of the molecule is CC(C)(C)OC(=O)N(CCCN(Cc1ccc(-c2ccccc2)cc1)C(=O)OCc1cncs1)Cc1ccc(-c2ccccc2)cc1. The Hall–Kier alpha value is -4.95. The van der Waals surface area contributed by atoms with Crippen LogP contribution < -0.4 is 0 Å². The Morgan fingerprint density at radius 3 is 1.57 bits per heavy atom. The van der Waals surface area contributed by atoms with E-state index >= 15 is 0 Å². The van der Waals surface area contributed by atoms with Gasteiger partial charge < -0.3 is 19.3 Å². The van der Waals surface area contributed by atoms with Crippen molar-refractivity contribution in [2.45, 2.75) is 52.5 Å². The number of aromatic nitrogens is 1. The van der Waals surface area contributed by atoms with Crippen LogP contribution in [0.2, 0.25) is 0 Å². The molecule has 5 aromatic rings. The summed E-state index contributed by atoms with van der Waals surface area (Å²) < 4.78 is 11.5. The zero-order chi connectivity index (χ0) is 33.1. The molecular formula is C39H41N3O4S. The fourth-order valence-corrected chi connectivity index (χ4v) is 5.60. The van der Waals surface area contributed by atoms with Crippen molar-refractivity contribution in [1.29, 1.82) is 0 Å². The summed E-state index contributed by atoms with van der Waals surface area (Å²) in [5, 5.41) is 0. The Morgan fingerprint density at radius 1 is 0.660 bits per heavy atom. The van der Waals surface area contributed by atoms with Crippen molar-refractivity contribution >= 4 is 23.5 Å². The summed E-state index contributed by atoms with van der Waals surface area (Å²) in [5.74, 6) is 0. The van der Waals surface area contributed by atoms with Crippen LogP contribution >= 0.6 is 11.3 Å². The van der Waals surface area contributed by atoms with Crippen molar-refractivity contribution in [1.82, 2.24) is 14.8 Å². The highest BCUT2D eigenvalue weighted by Gasteiger charge is 2.23. The number of hydrogen-bond donors (Lipinski definition) is 0. The molecule has 242 valence electrons. The Kier molecular flexibility index (Phi) is 11.4. The highest BCUT2D eigenvalue weighted by atomic mass is 32.1. The number of rotatable bonds is 12. The molecule has 7 nitrogen and oxygen atoms in total. The first-order valence-electron chi connectivity index (χ1n) is 15.8. The average Bonchev–Trinajstić information content (AvgIpc) is 3.61. The Labute approximate surface area is 281 Å². The summed E-state index contributed by atoms with van der Waals surface area (Å²) in [4.78, 5) is 35.0. The summed E-state index contributed by atoms with van der Waals surface area (Å²) in [7, 11) is 0. The van der Waals surface area contributed by atoms with Crippen LogP contribution in [0.15, 0.2) is 121 Å². The van der Waals surface area contributed by atoms with Crippen molar-refractivity contribution in [2.24, 2.45) is 0 Å². The van der Waals surface area contributed by atoms with Crippen LogP contribution in [0.1, 0.15) is 43.2 Å². The number of ether oxygens (including phenoxy) is 2. The molecule has 0 N–H and O–H groups in total. The normalized spacial score (nSPS) is 11.1. The van der Waals surface area contributed by atoms with Gasteiger partial charge in [-0.05, 0) is 60.6 Å². The summed E-state index contributed by atoms with van der Waals surface area (Å²) >= 11 is 1.44. The maximum Gasteiger partial charge on any atom is 0.410 e. The van der Waals surface area contributed by atoms with Crippen LogP contribution in [-0.2, 0) is 29.2 Å². The zero-order valence-electron chi connectivity index (χ0n) is 27.2. The van der Waals surface area contributed by atoms with E-state index in [4.69, 9.17) is 9.47 Å². The molecule has 8 heteroatoms. The van der Waals surface area contributed by atoms with E-state index in [9.17, 15) is 9.59 Å². The number of nitrogens with zero attached hydrogens (tertiary/aromatic N) is 3. The number of amides is 2. The third-order valence-electron chi connectivity index (χ3n) is 7.46. The third-order valence-corrected chi connectivity index (χ3v) is 8.21. The van der Waals surface area contributed by atoms with Crippen molar-refractivity contribution in [3.05, 3.63) is 137 Å². The van der Waals surface area contributed by atoms with Gasteiger partial charge in [-0.2, -0.15) is 0 Å². The Balaban J connectivity index is 1.27. The lowest BCUT2D eigenvalue weighted by Crippen LogP contribution is -2.39. The molecule has 0 bridgehead atoms. The smallest absolute Gasteiger partial charge is 0.410 e. The van der Waals surface area contributed by atoms with Crippen LogP contribution in [-0.4, -0.2) is 45.7 Å². The van der Waals surface area contributed by atoms with Crippen LogP contribution in [0.3, 0.4) is 0 Å². The predicted molar refractivity (Wildman–Crippen MR) is 188 cm³/mol. The number of carbonyl (C=O) groups is 2. The minimum Gasteiger partial charge on any atom is -0.444 e. The summed E-state index contributed by atoms with van der Waals surface area (Å²) in [6.07, 6.45) is 1.45. The molecule has 0 fully saturated rings. The topological polar surface area (TPSA) is 72.0 Å². The molecule has 1 heterocycles. The highest BCUT2D eigenvalue weighted by Crippen LogP contribution is 2.22. The molecule has 4 aromatic carbocycles. The van der Waals surface area contributed by atoms with Gasteiger partial charge in [-0.1, -0.05) is 109 Å². The van der Waals surface area contributed by atoms with E-state index in [2.05, 4.69) is 53.5 Å². The lowest BCUT2D eigenvalue weighted by Gasteiger charge is -2.29. The maximum absolute atomic E-state index is 13.4. The summed E-state index contributed by atoms with van der Waals surface area (Å²) in [5.41, 5.74) is 7.57. The van der Waals surface area contributed by atoms with E-state index in [0.717, 1.165) is 38.3 Å². The van der Waals surface area contributed by atoms with Crippen LogP contribution in [0.4, 0.5) is 9.59 Å². The Bertz CT molecular complexity index is 1690. The quantitative estimate of drug-likeness (QED) is 0.135. The zero-order valence-corrected chi connectivity index (χ0v) is 28.0. The van der Waals surface area contributed by atoms with Gasteiger partial charge in [-0.15, -0.1) is 11.3 Å². The van der Waals surface area contributed by atoms with Gasteiger partial charge in [0.1, 0.15) is 12.2 Å². The lowest BCUT2D eigenvalue weighted by atomic mass is 10.0. The van der Waals surface area contributed by atoms with E-state index in [1.54, 1.807) is 21.5 Å². The molecule has 5 rings (SSSR count). The van der Waals surface area contributed by atoms with Gasteiger partial charge in [0.25, 0.3) is 0 Å². The van der Waals surface area contributed by atoms with Gasteiger partial charge in [0.2, 0.25) is 0 Å². The van der Waals surface area contributed by atoms with Gasteiger partial charge in [-0.3, -0.25) is 4.98 Å². The molecular weight excluding hydrogens is 607 g/mol. The van der Waals surface area contributed by atoms with Gasteiger partial charge in [-0.25, -0.2) is 9.59 Å². The largest absolute Gasteiger partial charge is 0.444 e. The second-order valence-electron chi connectivity index (χ2n) is 12.3. The van der Waals surface area contributed by atoms with E-state index in [1.165, 1.54) is 11.3 Å². The monoisotopic (exact) mass is 647 g/mol. The molecule has 0 aliphatic heterocycles. The second kappa shape index (κ2) is 16.1. The van der Waals surface area contributed by atoms with E-state index in [1.807, 2.05) is 81.4 Å². The molecule has 0 atom stereocenters. The minimum absolute atomic E-state index is 0.163. The van der Waals surface area contributed by atoms with Gasteiger partial charge in [0.15, 0.2) is 0 Å².